The molecule has 1 aliphatic rings. The lowest BCUT2D eigenvalue weighted by Crippen LogP contribution is -2.50. The largest absolute Gasteiger partial charge is 0.497 e. The second-order valence-electron chi connectivity index (χ2n) is 6.28. The van der Waals surface area contributed by atoms with Crippen molar-refractivity contribution in [3.8, 4) is 5.75 Å². The summed E-state index contributed by atoms with van der Waals surface area (Å²) in [5.74, 6) is 0.858. The van der Waals surface area contributed by atoms with Crippen LogP contribution in [-0.2, 0) is 6.42 Å². The number of urea groups is 1. The highest BCUT2D eigenvalue weighted by Gasteiger charge is 2.18. The van der Waals surface area contributed by atoms with Crippen LogP contribution in [0.2, 0.25) is 0 Å². The molecule has 5 nitrogen and oxygen atoms in total. The van der Waals surface area contributed by atoms with Crippen LogP contribution in [0.25, 0.3) is 10.8 Å². The summed E-state index contributed by atoms with van der Waals surface area (Å²) < 4.78 is 5.33. The minimum absolute atomic E-state index is 0.0425. The quantitative estimate of drug-likeness (QED) is 0.937. The molecule has 1 saturated heterocycles. The zero-order chi connectivity index (χ0) is 16.9. The van der Waals surface area contributed by atoms with Crippen LogP contribution in [0.15, 0.2) is 36.4 Å². The van der Waals surface area contributed by atoms with Crippen molar-refractivity contribution in [1.82, 2.24) is 15.1 Å². The Bertz CT molecular complexity index is 709. The molecule has 2 aromatic rings. The van der Waals surface area contributed by atoms with E-state index in [0.29, 0.717) is 6.54 Å². The standard InChI is InChI=1S/C19H25N3O2/c1-21-10-12-22(13-11-21)19(23)20-9-8-16-5-3-4-15-6-7-17(24-2)14-18(15)16/h3-7,14H,8-13H2,1-2H3,(H,20,23). The molecule has 1 fully saturated rings. The van der Waals surface area contributed by atoms with Crippen molar-refractivity contribution in [3.05, 3.63) is 42.0 Å². The Morgan fingerprint density at radius 1 is 1.17 bits per heavy atom. The van der Waals surface area contributed by atoms with Gasteiger partial charge in [0.15, 0.2) is 0 Å². The molecule has 0 saturated carbocycles. The molecular weight excluding hydrogens is 302 g/mol. The molecule has 2 aromatic carbocycles. The van der Waals surface area contributed by atoms with Crippen LogP contribution < -0.4 is 10.1 Å². The van der Waals surface area contributed by atoms with E-state index in [9.17, 15) is 4.79 Å². The van der Waals surface area contributed by atoms with E-state index in [1.807, 2.05) is 11.0 Å². The van der Waals surface area contributed by atoms with Crippen LogP contribution in [0.3, 0.4) is 0 Å². The summed E-state index contributed by atoms with van der Waals surface area (Å²) in [5, 5.41) is 5.43. The number of methoxy groups -OCH3 is 1. The molecule has 0 bridgehead atoms. The van der Waals surface area contributed by atoms with Crippen molar-refractivity contribution < 1.29 is 9.53 Å². The number of benzene rings is 2. The molecule has 128 valence electrons. The smallest absolute Gasteiger partial charge is 0.317 e. The van der Waals surface area contributed by atoms with Crippen molar-refractivity contribution in [1.29, 1.82) is 0 Å². The summed E-state index contributed by atoms with van der Waals surface area (Å²) in [5.41, 5.74) is 1.23. The summed E-state index contributed by atoms with van der Waals surface area (Å²) in [6.45, 7) is 4.12. The highest BCUT2D eigenvalue weighted by molar-refractivity contribution is 5.87. The van der Waals surface area contributed by atoms with E-state index < -0.39 is 0 Å². The fraction of sp³-hybridized carbons (Fsp3) is 0.421. The Balaban J connectivity index is 1.60. The lowest BCUT2D eigenvalue weighted by Gasteiger charge is -2.32. The van der Waals surface area contributed by atoms with Gasteiger partial charge in [-0.3, -0.25) is 0 Å². The minimum atomic E-state index is 0.0425. The van der Waals surface area contributed by atoms with Gasteiger partial charge in [-0.25, -0.2) is 4.79 Å². The summed E-state index contributed by atoms with van der Waals surface area (Å²) in [6, 6.07) is 12.4. The van der Waals surface area contributed by atoms with Gasteiger partial charge in [-0.2, -0.15) is 0 Å². The third-order valence-electron chi connectivity index (χ3n) is 4.64. The number of nitrogens with zero attached hydrogens (tertiary/aromatic N) is 2. The number of piperazine rings is 1. The van der Waals surface area contributed by atoms with Crippen molar-refractivity contribution in [2.24, 2.45) is 0 Å². The molecule has 1 N–H and O–H groups in total. The van der Waals surface area contributed by atoms with Crippen LogP contribution >= 0.6 is 0 Å². The van der Waals surface area contributed by atoms with E-state index >= 15 is 0 Å². The Kier molecular flexibility index (Phi) is 5.20. The molecule has 0 aromatic heterocycles. The topological polar surface area (TPSA) is 44.8 Å². The average Bonchev–Trinajstić information content (AvgIpc) is 2.62. The fourth-order valence-corrected chi connectivity index (χ4v) is 3.09. The molecule has 0 unspecified atom stereocenters. The Morgan fingerprint density at radius 3 is 2.71 bits per heavy atom. The maximum absolute atomic E-state index is 12.2. The van der Waals surface area contributed by atoms with Crippen molar-refractivity contribution in [3.63, 3.8) is 0 Å². The number of carbonyl (C=O) groups excluding carboxylic acids is 1. The number of hydrogen-bond donors (Lipinski definition) is 1. The van der Waals surface area contributed by atoms with Gasteiger partial charge in [-0.05, 0) is 41.9 Å². The number of nitrogens with one attached hydrogen (secondary N) is 1. The number of ether oxygens (including phenoxy) is 1. The molecule has 3 rings (SSSR count). The first-order valence-electron chi connectivity index (χ1n) is 8.44. The zero-order valence-electron chi connectivity index (χ0n) is 14.4. The molecule has 0 atom stereocenters. The van der Waals surface area contributed by atoms with Crippen molar-refractivity contribution in [2.75, 3.05) is 46.9 Å². The number of fused-ring (bicyclic) bond motifs is 1. The molecule has 0 radical (unpaired) electrons. The van der Waals surface area contributed by atoms with E-state index in [-0.39, 0.29) is 6.03 Å². The normalized spacial score (nSPS) is 15.5. The summed E-state index contributed by atoms with van der Waals surface area (Å²) in [4.78, 5) is 16.4. The molecule has 2 amide bonds. The Hall–Kier alpha value is -2.27. The van der Waals surface area contributed by atoms with Crippen LogP contribution in [-0.4, -0.2) is 62.7 Å². The maximum Gasteiger partial charge on any atom is 0.317 e. The number of rotatable bonds is 4. The van der Waals surface area contributed by atoms with Gasteiger partial charge < -0.3 is 19.9 Å². The molecule has 0 aliphatic carbocycles. The summed E-state index contributed by atoms with van der Waals surface area (Å²) in [7, 11) is 3.77. The predicted octanol–water partition coefficient (Wildman–Crippen LogP) is 2.35. The van der Waals surface area contributed by atoms with Crippen LogP contribution in [0.1, 0.15) is 5.56 Å². The first kappa shape index (κ1) is 16.6. The summed E-state index contributed by atoms with van der Waals surface area (Å²) in [6.07, 6.45) is 0.810. The molecule has 1 heterocycles. The molecule has 1 aliphatic heterocycles. The first-order chi connectivity index (χ1) is 11.7. The van der Waals surface area contributed by atoms with E-state index in [1.165, 1.54) is 16.3 Å². The Labute approximate surface area is 143 Å². The second kappa shape index (κ2) is 7.53. The van der Waals surface area contributed by atoms with Crippen molar-refractivity contribution in [2.45, 2.75) is 6.42 Å². The van der Waals surface area contributed by atoms with Crippen LogP contribution in [0.5, 0.6) is 5.75 Å². The van der Waals surface area contributed by atoms with Gasteiger partial charge in [0.25, 0.3) is 0 Å². The van der Waals surface area contributed by atoms with Crippen LogP contribution in [0, 0.1) is 0 Å². The number of carbonyl (C=O) groups is 1. The third-order valence-corrected chi connectivity index (χ3v) is 4.64. The first-order valence-corrected chi connectivity index (χ1v) is 8.44. The van der Waals surface area contributed by atoms with Gasteiger partial charge in [-0.15, -0.1) is 0 Å². The number of likely N-dealkylation sites (N-methyl/N-ethyl adjacent to an activating group) is 1. The van der Waals surface area contributed by atoms with E-state index in [0.717, 1.165) is 38.3 Å². The fourth-order valence-electron chi connectivity index (χ4n) is 3.09. The molecule has 24 heavy (non-hydrogen) atoms. The second-order valence-corrected chi connectivity index (χ2v) is 6.28. The van der Waals surface area contributed by atoms with Gasteiger partial charge in [0.1, 0.15) is 5.75 Å². The molecular formula is C19H25N3O2. The minimum Gasteiger partial charge on any atom is -0.497 e. The number of amides is 2. The van der Waals surface area contributed by atoms with Gasteiger partial charge in [0, 0.05) is 32.7 Å². The van der Waals surface area contributed by atoms with Gasteiger partial charge in [0.2, 0.25) is 0 Å². The lowest BCUT2D eigenvalue weighted by molar-refractivity contribution is 0.154. The van der Waals surface area contributed by atoms with Gasteiger partial charge in [0.05, 0.1) is 7.11 Å². The molecule has 5 heteroatoms. The van der Waals surface area contributed by atoms with Gasteiger partial charge in [-0.1, -0.05) is 24.3 Å². The third kappa shape index (κ3) is 3.79. The molecule has 0 spiro atoms. The highest BCUT2D eigenvalue weighted by Crippen LogP contribution is 2.24. The lowest BCUT2D eigenvalue weighted by atomic mass is 10.0. The Morgan fingerprint density at radius 2 is 1.96 bits per heavy atom. The number of hydrogen-bond acceptors (Lipinski definition) is 3. The maximum atomic E-state index is 12.2. The van der Waals surface area contributed by atoms with E-state index in [4.69, 9.17) is 4.74 Å². The monoisotopic (exact) mass is 327 g/mol. The van der Waals surface area contributed by atoms with Crippen LogP contribution in [0.4, 0.5) is 4.79 Å². The highest BCUT2D eigenvalue weighted by atomic mass is 16.5. The summed E-state index contributed by atoms with van der Waals surface area (Å²) >= 11 is 0. The van der Waals surface area contributed by atoms with E-state index in [1.54, 1.807) is 7.11 Å². The predicted molar refractivity (Wildman–Crippen MR) is 96.7 cm³/mol. The SMILES string of the molecule is COc1ccc2cccc(CCNC(=O)N3CCN(C)CC3)c2c1. The van der Waals surface area contributed by atoms with Crippen molar-refractivity contribution >= 4 is 16.8 Å². The van der Waals surface area contributed by atoms with E-state index in [2.05, 4.69) is 47.6 Å². The average molecular weight is 327 g/mol. The van der Waals surface area contributed by atoms with Gasteiger partial charge >= 0.3 is 6.03 Å². The zero-order valence-corrected chi connectivity index (χ0v) is 14.4.